The van der Waals surface area contributed by atoms with E-state index >= 15 is 0 Å². The Kier molecular flexibility index (Phi) is 4.52. The lowest BCUT2D eigenvalue weighted by atomic mass is 10.2. The van der Waals surface area contributed by atoms with Crippen LogP contribution in [0.3, 0.4) is 0 Å². The molecule has 0 amide bonds. The third-order valence-corrected chi connectivity index (χ3v) is 2.32. The minimum absolute atomic E-state index is 0.0295. The normalized spacial score (nSPS) is 12.7. The summed E-state index contributed by atoms with van der Waals surface area (Å²) in [6, 6.07) is 4.29. The molecule has 0 heterocycles. The Balaban J connectivity index is 2.54. The molecule has 0 bridgehead atoms. The van der Waals surface area contributed by atoms with Crippen molar-refractivity contribution in [3.63, 3.8) is 0 Å². The van der Waals surface area contributed by atoms with Crippen LogP contribution in [0, 0.1) is 5.82 Å². The van der Waals surface area contributed by atoms with Crippen LogP contribution in [0.15, 0.2) is 18.2 Å². The third kappa shape index (κ3) is 3.49. The molecule has 84 valence electrons. The molecule has 0 unspecified atom stereocenters. The lowest BCUT2D eigenvalue weighted by Crippen LogP contribution is -2.31. The van der Waals surface area contributed by atoms with E-state index in [9.17, 15) is 4.39 Å². The molecular weight excluding hydrogens is 197 g/mol. The van der Waals surface area contributed by atoms with Gasteiger partial charge in [-0.3, -0.25) is 0 Å². The van der Waals surface area contributed by atoms with Crippen LogP contribution in [0.1, 0.15) is 18.9 Å². The molecule has 1 rings (SSSR count). The van der Waals surface area contributed by atoms with Crippen LogP contribution in [0.2, 0.25) is 0 Å². The highest BCUT2D eigenvalue weighted by Crippen LogP contribution is 2.16. The first-order valence-corrected chi connectivity index (χ1v) is 4.99. The van der Waals surface area contributed by atoms with Crippen LogP contribution < -0.4 is 5.32 Å². The van der Waals surface area contributed by atoms with Gasteiger partial charge < -0.3 is 15.5 Å². The van der Waals surface area contributed by atoms with Crippen molar-refractivity contribution >= 4 is 0 Å². The maximum absolute atomic E-state index is 12.9. The number of hydrogen-bond acceptors (Lipinski definition) is 3. The number of rotatable bonds is 5. The van der Waals surface area contributed by atoms with Gasteiger partial charge in [-0.2, -0.15) is 0 Å². The van der Waals surface area contributed by atoms with Crippen molar-refractivity contribution in [3.05, 3.63) is 29.6 Å². The van der Waals surface area contributed by atoms with Gasteiger partial charge in [0.15, 0.2) is 11.6 Å². The largest absolute Gasteiger partial charge is 0.505 e. The summed E-state index contributed by atoms with van der Waals surface area (Å²) in [5.41, 5.74) is 0.747. The first-order valence-electron chi connectivity index (χ1n) is 4.99. The van der Waals surface area contributed by atoms with Gasteiger partial charge in [0, 0.05) is 12.6 Å². The van der Waals surface area contributed by atoms with Gasteiger partial charge in [-0.05, 0) is 24.1 Å². The summed E-state index contributed by atoms with van der Waals surface area (Å²) in [6.07, 6.45) is 0.817. The topological polar surface area (TPSA) is 52.5 Å². The van der Waals surface area contributed by atoms with Gasteiger partial charge in [0.2, 0.25) is 0 Å². The Labute approximate surface area is 88.6 Å². The molecular formula is C11H16FNO2. The highest BCUT2D eigenvalue weighted by atomic mass is 19.1. The van der Waals surface area contributed by atoms with Gasteiger partial charge in [0.05, 0.1) is 6.61 Å². The van der Waals surface area contributed by atoms with Crippen LogP contribution in [-0.4, -0.2) is 22.9 Å². The number of aromatic hydroxyl groups is 1. The third-order valence-electron chi connectivity index (χ3n) is 2.32. The standard InChI is InChI=1S/C11H16FNO2/c1-2-9(7-14)13-6-8-3-4-11(15)10(12)5-8/h3-5,9,13-15H,2,6-7H2,1H3/t9-/m0/s1. The molecule has 1 atom stereocenters. The monoisotopic (exact) mass is 213 g/mol. The van der Waals surface area contributed by atoms with Crippen LogP contribution in [-0.2, 0) is 6.54 Å². The fourth-order valence-corrected chi connectivity index (χ4v) is 1.26. The zero-order valence-electron chi connectivity index (χ0n) is 8.70. The predicted octanol–water partition coefficient (Wildman–Crippen LogP) is 1.39. The molecule has 0 aliphatic carbocycles. The molecule has 0 aromatic heterocycles. The molecule has 0 radical (unpaired) electrons. The van der Waals surface area contributed by atoms with E-state index in [1.165, 1.54) is 12.1 Å². The van der Waals surface area contributed by atoms with Gasteiger partial charge >= 0.3 is 0 Å². The van der Waals surface area contributed by atoms with Crippen LogP contribution in [0.5, 0.6) is 5.75 Å². The lowest BCUT2D eigenvalue weighted by Gasteiger charge is -2.13. The number of nitrogens with one attached hydrogen (secondary N) is 1. The average Bonchev–Trinajstić information content (AvgIpc) is 2.24. The zero-order valence-corrected chi connectivity index (χ0v) is 8.70. The Morgan fingerprint density at radius 2 is 2.20 bits per heavy atom. The fourth-order valence-electron chi connectivity index (χ4n) is 1.26. The van der Waals surface area contributed by atoms with Crippen LogP contribution in [0.4, 0.5) is 4.39 Å². The number of halogens is 1. The van der Waals surface area contributed by atoms with Gasteiger partial charge in [0.25, 0.3) is 0 Å². The zero-order chi connectivity index (χ0) is 11.3. The summed E-state index contributed by atoms with van der Waals surface area (Å²) in [6.45, 7) is 2.51. The lowest BCUT2D eigenvalue weighted by molar-refractivity contribution is 0.238. The maximum Gasteiger partial charge on any atom is 0.165 e. The number of hydrogen-bond donors (Lipinski definition) is 3. The minimum atomic E-state index is -0.619. The quantitative estimate of drug-likeness (QED) is 0.692. The van der Waals surface area contributed by atoms with E-state index < -0.39 is 5.82 Å². The maximum atomic E-state index is 12.9. The molecule has 1 aromatic carbocycles. The second-order valence-electron chi connectivity index (χ2n) is 3.45. The van der Waals surface area contributed by atoms with Gasteiger partial charge in [0.1, 0.15) is 0 Å². The van der Waals surface area contributed by atoms with Crippen molar-refractivity contribution in [2.24, 2.45) is 0 Å². The van der Waals surface area contributed by atoms with E-state index in [1.54, 1.807) is 6.07 Å². The van der Waals surface area contributed by atoms with E-state index in [0.29, 0.717) is 6.54 Å². The summed E-state index contributed by atoms with van der Waals surface area (Å²) < 4.78 is 12.9. The Hall–Kier alpha value is -1.13. The average molecular weight is 213 g/mol. The highest BCUT2D eigenvalue weighted by Gasteiger charge is 2.05. The molecule has 0 saturated heterocycles. The molecule has 4 heteroatoms. The van der Waals surface area contributed by atoms with E-state index in [2.05, 4.69) is 5.32 Å². The first kappa shape index (κ1) is 11.9. The van der Waals surface area contributed by atoms with Crippen molar-refractivity contribution in [2.75, 3.05) is 6.61 Å². The van der Waals surface area contributed by atoms with E-state index in [4.69, 9.17) is 10.2 Å². The van der Waals surface area contributed by atoms with Gasteiger partial charge in [-0.25, -0.2) is 4.39 Å². The number of aliphatic hydroxyl groups is 1. The molecule has 1 aromatic rings. The first-order chi connectivity index (χ1) is 7.17. The summed E-state index contributed by atoms with van der Waals surface area (Å²) >= 11 is 0. The Morgan fingerprint density at radius 3 is 2.73 bits per heavy atom. The van der Waals surface area contributed by atoms with E-state index in [-0.39, 0.29) is 18.4 Å². The van der Waals surface area contributed by atoms with Crippen molar-refractivity contribution in [3.8, 4) is 5.75 Å². The molecule has 3 N–H and O–H groups in total. The molecule has 0 spiro atoms. The molecule has 0 saturated carbocycles. The van der Waals surface area contributed by atoms with Crippen molar-refractivity contribution < 1.29 is 14.6 Å². The molecule has 0 fully saturated rings. The second-order valence-corrected chi connectivity index (χ2v) is 3.45. The number of aliphatic hydroxyl groups excluding tert-OH is 1. The summed E-state index contributed by atoms with van der Waals surface area (Å²) in [5, 5.41) is 21.0. The highest BCUT2D eigenvalue weighted by molar-refractivity contribution is 5.27. The van der Waals surface area contributed by atoms with Crippen LogP contribution >= 0.6 is 0 Å². The smallest absolute Gasteiger partial charge is 0.165 e. The van der Waals surface area contributed by atoms with Gasteiger partial charge in [-0.1, -0.05) is 13.0 Å². The molecule has 15 heavy (non-hydrogen) atoms. The Bertz CT molecular complexity index is 313. The minimum Gasteiger partial charge on any atom is -0.505 e. The number of benzene rings is 1. The fraction of sp³-hybridized carbons (Fsp3) is 0.455. The second kappa shape index (κ2) is 5.68. The van der Waals surface area contributed by atoms with Crippen molar-refractivity contribution in [2.45, 2.75) is 25.9 Å². The van der Waals surface area contributed by atoms with E-state index in [0.717, 1.165) is 12.0 Å². The Morgan fingerprint density at radius 1 is 1.47 bits per heavy atom. The molecule has 0 aliphatic heterocycles. The molecule has 3 nitrogen and oxygen atoms in total. The molecule has 0 aliphatic rings. The number of phenols is 1. The summed E-state index contributed by atoms with van der Waals surface area (Å²) in [5.74, 6) is -0.959. The summed E-state index contributed by atoms with van der Waals surface area (Å²) in [7, 11) is 0. The van der Waals surface area contributed by atoms with Crippen molar-refractivity contribution in [1.29, 1.82) is 0 Å². The van der Waals surface area contributed by atoms with Gasteiger partial charge in [-0.15, -0.1) is 0 Å². The van der Waals surface area contributed by atoms with E-state index in [1.807, 2.05) is 6.92 Å². The van der Waals surface area contributed by atoms with Crippen LogP contribution in [0.25, 0.3) is 0 Å². The summed E-state index contributed by atoms with van der Waals surface area (Å²) in [4.78, 5) is 0. The van der Waals surface area contributed by atoms with Crippen molar-refractivity contribution in [1.82, 2.24) is 5.32 Å². The predicted molar refractivity (Wildman–Crippen MR) is 56.1 cm³/mol. The SMILES string of the molecule is CC[C@@H](CO)NCc1ccc(O)c(F)c1. The number of phenolic OH excluding ortho intramolecular Hbond substituents is 1.